The number of rotatable bonds is 2. The molecule has 4 nitrogen and oxygen atoms in total. The third-order valence-electron chi connectivity index (χ3n) is 2.96. The molecule has 0 unspecified atom stereocenters. The van der Waals surface area contributed by atoms with Crippen molar-refractivity contribution in [2.75, 3.05) is 0 Å². The van der Waals surface area contributed by atoms with Gasteiger partial charge in [-0.05, 0) is 54.2 Å². The Morgan fingerprint density at radius 1 is 1.04 bits per heavy atom. The van der Waals surface area contributed by atoms with Gasteiger partial charge in [0.05, 0.1) is 17.2 Å². The Hall–Kier alpha value is -2.37. The van der Waals surface area contributed by atoms with E-state index >= 15 is 0 Å². The Labute approximate surface area is 142 Å². The predicted octanol–water partition coefficient (Wildman–Crippen LogP) is 4.34. The van der Waals surface area contributed by atoms with Crippen LogP contribution < -0.4 is 5.36 Å². The lowest BCUT2D eigenvalue weighted by atomic mass is 10.3. The largest absolute Gasteiger partial charge is 0.310 e. The fourth-order valence-corrected chi connectivity index (χ4v) is 2.63. The van der Waals surface area contributed by atoms with Gasteiger partial charge in [0, 0.05) is 16.1 Å². The summed E-state index contributed by atoms with van der Waals surface area (Å²) in [5.74, 6) is 0. The fraction of sp³-hybridized carbons (Fsp3) is 0. The van der Waals surface area contributed by atoms with Crippen molar-refractivity contribution in [3.05, 3.63) is 83.4 Å². The molecule has 0 N–H and O–H groups in total. The zero-order valence-corrected chi connectivity index (χ0v) is 13.5. The second-order valence-corrected chi connectivity index (χ2v) is 6.06. The lowest BCUT2D eigenvalue weighted by Crippen LogP contribution is -2.09. The average molecular weight is 342 g/mol. The Bertz CT molecular complexity index is 856. The van der Waals surface area contributed by atoms with Gasteiger partial charge < -0.3 is 0 Å². The number of carbonyl (C=O) groups excluding carboxylic acids is 1. The Kier molecular flexibility index (Phi) is 4.90. The molecule has 1 heterocycles. The van der Waals surface area contributed by atoms with Crippen molar-refractivity contribution in [3.63, 3.8) is 0 Å². The van der Waals surface area contributed by atoms with Gasteiger partial charge >= 0.3 is 5.24 Å². The smallest absolute Gasteiger partial charge is 0.259 e. The highest BCUT2D eigenvalue weighted by atomic mass is 35.5. The van der Waals surface area contributed by atoms with E-state index in [0.29, 0.717) is 10.4 Å². The van der Waals surface area contributed by atoms with Gasteiger partial charge in [-0.2, -0.15) is 5.10 Å². The van der Waals surface area contributed by atoms with Crippen LogP contribution >= 0.6 is 23.4 Å². The minimum Gasteiger partial charge on any atom is -0.259 e. The molecular weight excluding hydrogens is 330 g/mol. The number of hydrogen-bond donors (Lipinski definition) is 0. The molecule has 0 aliphatic rings. The highest BCUT2D eigenvalue weighted by Gasteiger charge is 2.02. The lowest BCUT2D eigenvalue weighted by Gasteiger charge is -2.03. The average Bonchev–Trinajstić information content (AvgIpc) is 2.58. The molecule has 1 aromatic heterocycles. The standard InChI is InChI=1S/C17H12ClN3OS/c18-13-6-8-16(9-7-13)23-17(22)20-14-10-11-21(19-12-14)15-4-2-1-3-5-15/h1-12H. The van der Waals surface area contributed by atoms with Gasteiger partial charge in [0.1, 0.15) is 0 Å². The van der Waals surface area contributed by atoms with Gasteiger partial charge in [-0.15, -0.1) is 0 Å². The van der Waals surface area contributed by atoms with Gasteiger partial charge in [-0.25, -0.2) is 9.67 Å². The molecule has 0 atom stereocenters. The molecule has 0 saturated heterocycles. The van der Waals surface area contributed by atoms with Crippen LogP contribution in [0.3, 0.4) is 0 Å². The molecule has 0 bridgehead atoms. The van der Waals surface area contributed by atoms with Crippen LogP contribution in [0.2, 0.25) is 5.02 Å². The molecule has 0 aliphatic carbocycles. The normalized spacial score (nSPS) is 11.4. The van der Waals surface area contributed by atoms with E-state index in [-0.39, 0.29) is 5.24 Å². The molecular formula is C17H12ClN3OS. The number of amides is 1. The first kappa shape index (κ1) is 15.5. The van der Waals surface area contributed by atoms with E-state index in [0.717, 1.165) is 22.3 Å². The first-order chi connectivity index (χ1) is 11.2. The number of nitrogens with zero attached hydrogens (tertiary/aromatic N) is 3. The molecule has 0 radical (unpaired) electrons. The fourth-order valence-electron chi connectivity index (χ4n) is 1.88. The van der Waals surface area contributed by atoms with E-state index in [4.69, 9.17) is 11.6 Å². The topological polar surface area (TPSA) is 47.2 Å². The number of halogens is 1. The van der Waals surface area contributed by atoms with Gasteiger partial charge in [0.25, 0.3) is 0 Å². The quantitative estimate of drug-likeness (QED) is 0.651. The third-order valence-corrected chi connectivity index (χ3v) is 3.99. The van der Waals surface area contributed by atoms with Crippen molar-refractivity contribution in [1.82, 2.24) is 9.78 Å². The highest BCUT2D eigenvalue weighted by Crippen LogP contribution is 2.21. The minimum atomic E-state index is -0.299. The van der Waals surface area contributed by atoms with Crippen LogP contribution in [0.1, 0.15) is 0 Å². The first-order valence-corrected chi connectivity index (χ1v) is 8.03. The lowest BCUT2D eigenvalue weighted by molar-refractivity contribution is 0.267. The molecule has 3 aromatic rings. The predicted molar refractivity (Wildman–Crippen MR) is 91.8 cm³/mol. The van der Waals surface area contributed by atoms with Crippen LogP contribution in [0.5, 0.6) is 0 Å². The minimum absolute atomic E-state index is 0.299. The van der Waals surface area contributed by atoms with Crippen LogP contribution in [0.15, 0.2) is 82.9 Å². The molecule has 23 heavy (non-hydrogen) atoms. The molecule has 0 spiro atoms. The molecule has 6 heteroatoms. The molecule has 3 rings (SSSR count). The Morgan fingerprint density at radius 3 is 2.43 bits per heavy atom. The summed E-state index contributed by atoms with van der Waals surface area (Å²) >= 11 is 6.86. The Balaban J connectivity index is 1.74. The maximum absolute atomic E-state index is 12.0. The number of para-hydroxylation sites is 1. The van der Waals surface area contributed by atoms with Crippen LogP contribution in [-0.2, 0) is 0 Å². The second kappa shape index (κ2) is 7.26. The van der Waals surface area contributed by atoms with Crippen molar-refractivity contribution in [3.8, 4) is 5.69 Å². The van der Waals surface area contributed by atoms with Gasteiger partial charge in [-0.3, -0.25) is 4.79 Å². The summed E-state index contributed by atoms with van der Waals surface area (Å²) in [5, 5.41) is 5.12. The van der Waals surface area contributed by atoms with Crippen molar-refractivity contribution < 1.29 is 4.79 Å². The van der Waals surface area contributed by atoms with Crippen molar-refractivity contribution in [2.45, 2.75) is 4.90 Å². The monoisotopic (exact) mass is 341 g/mol. The molecule has 0 fully saturated rings. The van der Waals surface area contributed by atoms with E-state index in [9.17, 15) is 4.79 Å². The molecule has 2 aromatic carbocycles. The van der Waals surface area contributed by atoms with Gasteiger partial charge in [0.2, 0.25) is 0 Å². The van der Waals surface area contributed by atoms with E-state index < -0.39 is 0 Å². The summed E-state index contributed by atoms with van der Waals surface area (Å²) < 4.78 is 1.72. The number of aromatic nitrogens is 2. The zero-order chi connectivity index (χ0) is 16.1. The summed E-state index contributed by atoms with van der Waals surface area (Å²) in [6, 6.07) is 18.5. The van der Waals surface area contributed by atoms with Crippen LogP contribution in [0.25, 0.3) is 5.69 Å². The van der Waals surface area contributed by atoms with Crippen LogP contribution in [-0.4, -0.2) is 15.0 Å². The number of benzene rings is 2. The van der Waals surface area contributed by atoms with Crippen LogP contribution in [0, 0.1) is 0 Å². The molecule has 0 aliphatic heterocycles. The number of carbonyl (C=O) groups is 1. The highest BCUT2D eigenvalue weighted by molar-refractivity contribution is 8.13. The van der Waals surface area contributed by atoms with E-state index in [1.54, 1.807) is 47.4 Å². The maximum atomic E-state index is 12.0. The summed E-state index contributed by atoms with van der Waals surface area (Å²) in [6.45, 7) is 0. The van der Waals surface area contributed by atoms with E-state index in [1.165, 1.54) is 0 Å². The van der Waals surface area contributed by atoms with Crippen molar-refractivity contribution >= 4 is 28.6 Å². The third kappa shape index (κ3) is 4.31. The van der Waals surface area contributed by atoms with E-state index in [1.807, 2.05) is 30.3 Å². The number of hydrogen-bond acceptors (Lipinski definition) is 3. The van der Waals surface area contributed by atoms with Crippen molar-refractivity contribution in [2.24, 2.45) is 4.99 Å². The van der Waals surface area contributed by atoms with Crippen molar-refractivity contribution in [1.29, 1.82) is 0 Å². The maximum Gasteiger partial charge on any atom is 0.310 e. The molecule has 1 amide bonds. The van der Waals surface area contributed by atoms with Gasteiger partial charge in [0.15, 0.2) is 0 Å². The molecule has 114 valence electrons. The summed E-state index contributed by atoms with van der Waals surface area (Å²) in [5.41, 5.74) is 0.945. The molecule has 0 saturated carbocycles. The first-order valence-electron chi connectivity index (χ1n) is 6.83. The van der Waals surface area contributed by atoms with Crippen LogP contribution in [0.4, 0.5) is 4.79 Å². The summed E-state index contributed by atoms with van der Waals surface area (Å²) in [7, 11) is 0. The zero-order valence-electron chi connectivity index (χ0n) is 12.0. The summed E-state index contributed by atoms with van der Waals surface area (Å²) in [6.07, 6.45) is 3.34. The SMILES string of the molecule is O=C(N=c1ccn(-c2ccccc2)nc1)Sc1ccc(Cl)cc1. The van der Waals surface area contributed by atoms with E-state index in [2.05, 4.69) is 10.1 Å². The number of thioether (sulfide) groups is 1. The Morgan fingerprint density at radius 2 is 1.78 bits per heavy atom. The summed E-state index contributed by atoms with van der Waals surface area (Å²) in [4.78, 5) is 16.8. The van der Waals surface area contributed by atoms with Gasteiger partial charge in [-0.1, -0.05) is 29.8 Å². The second-order valence-electron chi connectivity index (χ2n) is 4.60.